The molecule has 0 aliphatic carbocycles. The standard InChI is InChI=1S/C14H23N3O3S/c1-4-11-9-15(3)6-5-7-16(11)14-12(17(19)20)8-13(21-14)10(2)18/h8,10-11,18H,4-7,9H2,1-3H3. The molecule has 0 saturated carbocycles. The molecule has 7 heteroatoms. The highest BCUT2D eigenvalue weighted by atomic mass is 32.1. The molecule has 1 aliphatic heterocycles. The highest BCUT2D eigenvalue weighted by molar-refractivity contribution is 7.16. The molecule has 0 bridgehead atoms. The molecule has 6 nitrogen and oxygen atoms in total. The largest absolute Gasteiger partial charge is 0.388 e. The van der Waals surface area contributed by atoms with Crippen molar-refractivity contribution in [2.45, 2.75) is 38.8 Å². The molecule has 1 aliphatic rings. The van der Waals surface area contributed by atoms with E-state index in [0.717, 1.165) is 32.5 Å². The predicted molar refractivity (Wildman–Crippen MR) is 85.1 cm³/mol. The van der Waals surface area contributed by atoms with Crippen molar-refractivity contribution in [2.24, 2.45) is 0 Å². The fraction of sp³-hybridized carbons (Fsp3) is 0.714. The van der Waals surface area contributed by atoms with Crippen LogP contribution in [-0.4, -0.2) is 47.7 Å². The topological polar surface area (TPSA) is 69.8 Å². The second kappa shape index (κ2) is 6.72. The van der Waals surface area contributed by atoms with Crippen molar-refractivity contribution in [3.8, 4) is 0 Å². The molecule has 0 aromatic carbocycles. The molecule has 1 aromatic rings. The molecular weight excluding hydrogens is 290 g/mol. The van der Waals surface area contributed by atoms with E-state index in [1.807, 2.05) is 0 Å². The van der Waals surface area contributed by atoms with Gasteiger partial charge >= 0.3 is 5.69 Å². The van der Waals surface area contributed by atoms with Crippen LogP contribution in [0, 0.1) is 10.1 Å². The molecule has 0 radical (unpaired) electrons. The van der Waals surface area contributed by atoms with Gasteiger partial charge in [0.15, 0.2) is 5.00 Å². The van der Waals surface area contributed by atoms with Gasteiger partial charge in [0.05, 0.1) is 11.0 Å². The first kappa shape index (κ1) is 16.2. The summed E-state index contributed by atoms with van der Waals surface area (Å²) in [6.07, 6.45) is 1.27. The normalized spacial score (nSPS) is 22.1. The zero-order valence-electron chi connectivity index (χ0n) is 12.8. The Balaban J connectivity index is 2.39. The summed E-state index contributed by atoms with van der Waals surface area (Å²) in [4.78, 5) is 16.1. The van der Waals surface area contributed by atoms with Gasteiger partial charge in [-0.1, -0.05) is 6.92 Å². The Kier molecular flexibility index (Phi) is 5.18. The van der Waals surface area contributed by atoms with Crippen molar-refractivity contribution < 1.29 is 10.0 Å². The number of nitrogens with zero attached hydrogens (tertiary/aromatic N) is 3. The third-order valence-corrected chi connectivity index (χ3v) is 5.29. The van der Waals surface area contributed by atoms with Crippen molar-refractivity contribution in [1.82, 2.24) is 4.90 Å². The molecule has 118 valence electrons. The third-order valence-electron chi connectivity index (χ3n) is 3.96. The van der Waals surface area contributed by atoms with Crippen LogP contribution in [-0.2, 0) is 0 Å². The summed E-state index contributed by atoms with van der Waals surface area (Å²) in [5, 5.41) is 21.8. The van der Waals surface area contributed by atoms with E-state index in [1.165, 1.54) is 17.4 Å². The Morgan fingerprint density at radius 2 is 2.29 bits per heavy atom. The number of thiophene rings is 1. The van der Waals surface area contributed by atoms with E-state index in [9.17, 15) is 15.2 Å². The number of hydrogen-bond acceptors (Lipinski definition) is 6. The van der Waals surface area contributed by atoms with Crippen LogP contribution in [0.4, 0.5) is 10.7 Å². The molecule has 21 heavy (non-hydrogen) atoms. The molecule has 0 spiro atoms. The second-order valence-electron chi connectivity index (χ2n) is 5.64. The summed E-state index contributed by atoms with van der Waals surface area (Å²) >= 11 is 1.35. The molecule has 0 amide bonds. The molecule has 2 atom stereocenters. The van der Waals surface area contributed by atoms with Gasteiger partial charge in [0.25, 0.3) is 0 Å². The van der Waals surface area contributed by atoms with Crippen LogP contribution in [0.2, 0.25) is 0 Å². The Labute approximate surface area is 129 Å². The fourth-order valence-corrected chi connectivity index (χ4v) is 3.95. The van der Waals surface area contributed by atoms with Crippen LogP contribution in [0.15, 0.2) is 6.07 Å². The lowest BCUT2D eigenvalue weighted by molar-refractivity contribution is -0.383. The summed E-state index contributed by atoms with van der Waals surface area (Å²) in [7, 11) is 2.09. The van der Waals surface area contributed by atoms with E-state index in [1.54, 1.807) is 6.92 Å². The molecule has 2 heterocycles. The minimum atomic E-state index is -0.669. The van der Waals surface area contributed by atoms with Gasteiger partial charge in [-0.25, -0.2) is 0 Å². The number of aliphatic hydroxyl groups is 1. The molecule has 2 unspecified atom stereocenters. The Morgan fingerprint density at radius 3 is 2.86 bits per heavy atom. The third kappa shape index (κ3) is 3.53. The number of nitro groups is 1. The number of aliphatic hydroxyl groups excluding tert-OH is 1. The summed E-state index contributed by atoms with van der Waals surface area (Å²) in [6, 6.07) is 1.79. The van der Waals surface area contributed by atoms with Gasteiger partial charge in [-0.2, -0.15) is 0 Å². The first-order valence-electron chi connectivity index (χ1n) is 7.35. The number of likely N-dealkylation sites (N-methyl/N-ethyl adjacent to an activating group) is 1. The quantitative estimate of drug-likeness (QED) is 0.683. The van der Waals surface area contributed by atoms with Crippen molar-refractivity contribution in [2.75, 3.05) is 31.6 Å². The summed E-state index contributed by atoms with van der Waals surface area (Å²) in [5.41, 5.74) is 0.124. The van der Waals surface area contributed by atoms with Gasteiger partial charge in [0.1, 0.15) is 0 Å². The summed E-state index contributed by atoms with van der Waals surface area (Å²) < 4.78 is 0. The molecule has 1 N–H and O–H groups in total. The van der Waals surface area contributed by atoms with Gasteiger partial charge in [-0.05, 0) is 33.4 Å². The van der Waals surface area contributed by atoms with Gasteiger partial charge in [-0.3, -0.25) is 10.1 Å². The van der Waals surface area contributed by atoms with Crippen LogP contribution in [0.1, 0.15) is 37.7 Å². The second-order valence-corrected chi connectivity index (χ2v) is 6.71. The Morgan fingerprint density at radius 1 is 1.57 bits per heavy atom. The van der Waals surface area contributed by atoms with E-state index in [-0.39, 0.29) is 16.7 Å². The van der Waals surface area contributed by atoms with E-state index >= 15 is 0 Å². The van der Waals surface area contributed by atoms with Crippen LogP contribution in [0.25, 0.3) is 0 Å². The number of rotatable bonds is 4. The molecule has 1 saturated heterocycles. The van der Waals surface area contributed by atoms with E-state index in [4.69, 9.17) is 0 Å². The summed E-state index contributed by atoms with van der Waals surface area (Å²) in [6.45, 7) is 6.51. The first-order chi connectivity index (χ1) is 9.93. The van der Waals surface area contributed by atoms with Crippen LogP contribution >= 0.6 is 11.3 Å². The minimum absolute atomic E-state index is 0.124. The summed E-state index contributed by atoms with van der Waals surface area (Å²) in [5.74, 6) is 0. The SMILES string of the molecule is CCC1CN(C)CCCN1c1sc(C(C)O)cc1[N+](=O)[O-]. The van der Waals surface area contributed by atoms with Crippen LogP contribution in [0.3, 0.4) is 0 Å². The van der Waals surface area contributed by atoms with Gasteiger partial charge in [0, 0.05) is 30.1 Å². The maximum atomic E-state index is 11.3. The minimum Gasteiger partial charge on any atom is -0.388 e. The maximum Gasteiger partial charge on any atom is 0.304 e. The average molecular weight is 313 g/mol. The zero-order valence-corrected chi connectivity index (χ0v) is 13.6. The maximum absolute atomic E-state index is 11.3. The van der Waals surface area contributed by atoms with Gasteiger partial charge in [0.2, 0.25) is 0 Å². The lowest BCUT2D eigenvalue weighted by atomic mass is 10.2. The van der Waals surface area contributed by atoms with E-state index in [0.29, 0.717) is 9.88 Å². The molecule has 2 rings (SSSR count). The van der Waals surface area contributed by atoms with Crippen molar-refractivity contribution in [3.05, 3.63) is 21.1 Å². The molecule has 1 aromatic heterocycles. The Hall–Kier alpha value is -1.18. The van der Waals surface area contributed by atoms with Gasteiger partial charge < -0.3 is 14.9 Å². The van der Waals surface area contributed by atoms with Crippen LogP contribution < -0.4 is 4.90 Å². The lowest BCUT2D eigenvalue weighted by Crippen LogP contribution is -2.39. The van der Waals surface area contributed by atoms with Crippen molar-refractivity contribution in [1.29, 1.82) is 0 Å². The Bertz CT molecular complexity index is 504. The van der Waals surface area contributed by atoms with Crippen molar-refractivity contribution >= 4 is 22.0 Å². The highest BCUT2D eigenvalue weighted by Gasteiger charge is 2.30. The van der Waals surface area contributed by atoms with E-state index < -0.39 is 6.10 Å². The highest BCUT2D eigenvalue weighted by Crippen LogP contribution is 2.41. The van der Waals surface area contributed by atoms with Crippen LogP contribution in [0.5, 0.6) is 0 Å². The monoisotopic (exact) mass is 313 g/mol. The molecular formula is C14H23N3O3S. The van der Waals surface area contributed by atoms with E-state index in [2.05, 4.69) is 23.8 Å². The number of anilines is 1. The predicted octanol–water partition coefficient (Wildman–Crippen LogP) is 2.63. The first-order valence-corrected chi connectivity index (χ1v) is 8.17. The average Bonchev–Trinajstić information content (AvgIpc) is 2.78. The zero-order chi connectivity index (χ0) is 15.6. The number of hydrogen-bond donors (Lipinski definition) is 1. The fourth-order valence-electron chi connectivity index (χ4n) is 2.79. The molecule has 1 fully saturated rings. The lowest BCUT2D eigenvalue weighted by Gasteiger charge is -2.30. The smallest absolute Gasteiger partial charge is 0.304 e. The van der Waals surface area contributed by atoms with Crippen molar-refractivity contribution in [3.63, 3.8) is 0 Å². The van der Waals surface area contributed by atoms with Gasteiger partial charge in [-0.15, -0.1) is 11.3 Å².